The molecule has 0 spiro atoms. The smallest absolute Gasteiger partial charge is 0.417 e. The maximum atomic E-state index is 13.1. The number of hydrogen-bond donors (Lipinski definition) is 1. The topological polar surface area (TPSA) is 118 Å². The first-order valence-electron chi connectivity index (χ1n) is 6.33. The van der Waals surface area contributed by atoms with Crippen molar-refractivity contribution < 1.29 is 36.4 Å². The number of non-ortho nitro benzene ring substituents is 1. The molecule has 0 bridgehead atoms. The SMILES string of the molecule is CC(CN(C)S(=O)(=O)c1ccc([N+](=O)[O-])cc1C(F)(F)F)C(=O)O. The van der Waals surface area contributed by atoms with Gasteiger partial charge in [0.05, 0.1) is 21.3 Å². The summed E-state index contributed by atoms with van der Waals surface area (Å²) >= 11 is 0. The van der Waals surface area contributed by atoms with E-state index in [0.29, 0.717) is 16.4 Å². The number of aliphatic carboxylic acids is 1. The fourth-order valence-electron chi connectivity index (χ4n) is 1.81. The van der Waals surface area contributed by atoms with Crippen molar-refractivity contribution in [3.63, 3.8) is 0 Å². The number of carboxylic acid groups (broad SMARTS) is 1. The van der Waals surface area contributed by atoms with Gasteiger partial charge in [0.1, 0.15) is 0 Å². The van der Waals surface area contributed by atoms with Crippen molar-refractivity contribution in [1.82, 2.24) is 4.31 Å². The summed E-state index contributed by atoms with van der Waals surface area (Å²) in [6.07, 6.45) is -5.15. The zero-order valence-electron chi connectivity index (χ0n) is 12.4. The van der Waals surface area contributed by atoms with Crippen LogP contribution in [0.25, 0.3) is 0 Å². The lowest BCUT2D eigenvalue weighted by Crippen LogP contribution is -2.34. The summed E-state index contributed by atoms with van der Waals surface area (Å²) in [4.78, 5) is 19.1. The van der Waals surface area contributed by atoms with Gasteiger partial charge in [0, 0.05) is 25.7 Å². The van der Waals surface area contributed by atoms with Crippen LogP contribution >= 0.6 is 0 Å². The molecule has 0 fully saturated rings. The first-order valence-corrected chi connectivity index (χ1v) is 7.77. The van der Waals surface area contributed by atoms with E-state index in [9.17, 15) is 36.5 Å². The molecule has 0 amide bonds. The van der Waals surface area contributed by atoms with Gasteiger partial charge in [-0.2, -0.15) is 13.2 Å². The molecule has 1 rings (SSSR count). The minimum absolute atomic E-state index is 0.126. The molecule has 24 heavy (non-hydrogen) atoms. The minimum Gasteiger partial charge on any atom is -0.481 e. The molecule has 0 aromatic heterocycles. The van der Waals surface area contributed by atoms with E-state index in [2.05, 4.69) is 0 Å². The third kappa shape index (κ3) is 4.20. The van der Waals surface area contributed by atoms with E-state index in [1.807, 2.05) is 0 Å². The fraction of sp³-hybridized carbons (Fsp3) is 0.417. The first-order chi connectivity index (χ1) is 10.8. The first kappa shape index (κ1) is 19.8. The number of carbonyl (C=O) groups is 1. The third-order valence-corrected chi connectivity index (χ3v) is 5.00. The lowest BCUT2D eigenvalue weighted by molar-refractivity contribution is -0.385. The van der Waals surface area contributed by atoms with Gasteiger partial charge in [0.15, 0.2) is 0 Å². The van der Waals surface area contributed by atoms with Crippen LogP contribution in [0, 0.1) is 16.0 Å². The molecule has 0 aliphatic heterocycles. The van der Waals surface area contributed by atoms with Crippen molar-refractivity contribution in [2.45, 2.75) is 18.0 Å². The van der Waals surface area contributed by atoms with Crippen LogP contribution in [0.15, 0.2) is 23.1 Å². The summed E-state index contributed by atoms with van der Waals surface area (Å²) < 4.78 is 64.3. The summed E-state index contributed by atoms with van der Waals surface area (Å²) in [7, 11) is -3.77. The Balaban J connectivity index is 3.43. The Morgan fingerprint density at radius 2 is 1.96 bits per heavy atom. The maximum absolute atomic E-state index is 13.1. The van der Waals surface area contributed by atoms with Gasteiger partial charge in [-0.15, -0.1) is 0 Å². The Hall–Kier alpha value is -2.21. The molecule has 1 atom stereocenters. The molecule has 12 heteroatoms. The minimum atomic E-state index is -5.15. The fourth-order valence-corrected chi connectivity index (χ4v) is 3.26. The summed E-state index contributed by atoms with van der Waals surface area (Å²) in [6.45, 7) is 0.626. The normalized spacial score (nSPS) is 13.8. The highest BCUT2D eigenvalue weighted by molar-refractivity contribution is 7.89. The summed E-state index contributed by atoms with van der Waals surface area (Å²) in [6, 6.07) is 1.25. The van der Waals surface area contributed by atoms with Crippen molar-refractivity contribution in [2.75, 3.05) is 13.6 Å². The second-order valence-corrected chi connectivity index (χ2v) is 6.97. The number of benzene rings is 1. The molecule has 0 aliphatic rings. The van der Waals surface area contributed by atoms with Crippen LogP contribution in [-0.2, 0) is 21.0 Å². The van der Waals surface area contributed by atoms with Crippen LogP contribution in [0.1, 0.15) is 12.5 Å². The predicted molar refractivity (Wildman–Crippen MR) is 74.7 cm³/mol. The molecule has 1 aromatic carbocycles. The standard InChI is InChI=1S/C12H13F3N2O6S/c1-7(11(18)19)6-16(2)24(22,23)10-4-3-8(17(20)21)5-9(10)12(13,14)15/h3-5,7H,6H2,1-2H3,(H,18,19). The van der Waals surface area contributed by atoms with E-state index in [0.717, 1.165) is 7.05 Å². The second-order valence-electron chi connectivity index (χ2n) is 4.96. The number of carboxylic acids is 1. The molecule has 0 saturated carbocycles. The number of nitro groups is 1. The summed E-state index contributed by atoms with van der Waals surface area (Å²) in [5.74, 6) is -2.48. The number of hydrogen-bond acceptors (Lipinski definition) is 5. The van der Waals surface area contributed by atoms with E-state index in [1.54, 1.807) is 0 Å². The predicted octanol–water partition coefficient (Wildman–Crippen LogP) is 1.95. The lowest BCUT2D eigenvalue weighted by Gasteiger charge is -2.21. The van der Waals surface area contributed by atoms with Gasteiger partial charge in [-0.05, 0) is 6.07 Å². The van der Waals surface area contributed by atoms with Gasteiger partial charge in [-0.1, -0.05) is 6.92 Å². The molecule has 1 unspecified atom stereocenters. The summed E-state index contributed by atoms with van der Waals surface area (Å²) in [5, 5.41) is 19.4. The largest absolute Gasteiger partial charge is 0.481 e. The zero-order chi connectivity index (χ0) is 18.9. The third-order valence-electron chi connectivity index (χ3n) is 3.12. The number of rotatable bonds is 6. The highest BCUT2D eigenvalue weighted by atomic mass is 32.2. The van der Waals surface area contributed by atoms with Crippen molar-refractivity contribution in [3.05, 3.63) is 33.9 Å². The molecular weight excluding hydrogens is 357 g/mol. The highest BCUT2D eigenvalue weighted by Gasteiger charge is 2.40. The highest BCUT2D eigenvalue weighted by Crippen LogP contribution is 2.37. The average Bonchev–Trinajstić information content (AvgIpc) is 2.45. The zero-order valence-corrected chi connectivity index (χ0v) is 13.3. The lowest BCUT2D eigenvalue weighted by atomic mass is 10.2. The van der Waals surface area contributed by atoms with Crippen LogP contribution in [0.5, 0.6) is 0 Å². The quantitative estimate of drug-likeness (QED) is 0.604. The molecule has 134 valence electrons. The van der Waals surface area contributed by atoms with Gasteiger partial charge >= 0.3 is 12.1 Å². The number of nitro benzene ring substituents is 1. The Labute approximate surface area is 134 Å². The Bertz CT molecular complexity index is 763. The molecule has 0 radical (unpaired) electrons. The van der Waals surface area contributed by atoms with E-state index in [1.165, 1.54) is 6.92 Å². The number of halogens is 3. The molecule has 8 nitrogen and oxygen atoms in total. The van der Waals surface area contributed by atoms with Gasteiger partial charge < -0.3 is 5.11 Å². The second kappa shape index (κ2) is 6.73. The van der Waals surface area contributed by atoms with Crippen molar-refractivity contribution in [3.8, 4) is 0 Å². The van der Waals surface area contributed by atoms with Crippen molar-refractivity contribution in [1.29, 1.82) is 0 Å². The molecule has 0 saturated heterocycles. The van der Waals surface area contributed by atoms with E-state index in [-0.39, 0.29) is 6.07 Å². The van der Waals surface area contributed by atoms with E-state index >= 15 is 0 Å². The number of sulfonamides is 1. The van der Waals surface area contributed by atoms with Gasteiger partial charge in [-0.25, -0.2) is 12.7 Å². The van der Waals surface area contributed by atoms with Crippen LogP contribution in [0.2, 0.25) is 0 Å². The molecule has 1 N–H and O–H groups in total. The van der Waals surface area contributed by atoms with Crippen LogP contribution in [0.4, 0.5) is 18.9 Å². The summed E-state index contributed by atoms with van der Waals surface area (Å²) in [5.41, 5.74) is -2.60. The van der Waals surface area contributed by atoms with Gasteiger partial charge in [-0.3, -0.25) is 14.9 Å². The van der Waals surface area contributed by atoms with E-state index in [4.69, 9.17) is 5.11 Å². The van der Waals surface area contributed by atoms with Crippen LogP contribution < -0.4 is 0 Å². The average molecular weight is 370 g/mol. The Kier molecular flexibility index (Phi) is 5.56. The van der Waals surface area contributed by atoms with Crippen LogP contribution in [-0.4, -0.2) is 42.3 Å². The van der Waals surface area contributed by atoms with Gasteiger partial charge in [0.2, 0.25) is 10.0 Å². The molecule has 0 aliphatic carbocycles. The van der Waals surface area contributed by atoms with Crippen molar-refractivity contribution >= 4 is 21.7 Å². The molecule has 1 aromatic rings. The Morgan fingerprint density at radius 1 is 1.42 bits per heavy atom. The van der Waals surface area contributed by atoms with Gasteiger partial charge in [0.25, 0.3) is 5.69 Å². The molecule has 0 heterocycles. The van der Waals surface area contributed by atoms with Crippen LogP contribution in [0.3, 0.4) is 0 Å². The number of nitrogens with zero attached hydrogens (tertiary/aromatic N) is 2. The maximum Gasteiger partial charge on any atom is 0.417 e. The monoisotopic (exact) mass is 370 g/mol. The number of alkyl halides is 3. The molecular formula is C12H13F3N2O6S. The van der Waals surface area contributed by atoms with Crippen molar-refractivity contribution in [2.24, 2.45) is 5.92 Å². The van der Waals surface area contributed by atoms with E-state index < -0.39 is 55.7 Å². The Morgan fingerprint density at radius 3 is 2.38 bits per heavy atom.